The first-order chi connectivity index (χ1) is 15.2. The van der Waals surface area contributed by atoms with Gasteiger partial charge in [0.2, 0.25) is 5.91 Å². The molecule has 4 aromatic rings. The lowest BCUT2D eigenvalue weighted by Crippen LogP contribution is -2.14. The number of nitrogens with zero attached hydrogens (tertiary/aromatic N) is 2. The molecule has 31 heavy (non-hydrogen) atoms. The lowest BCUT2D eigenvalue weighted by Gasteiger charge is -2.10. The van der Waals surface area contributed by atoms with Gasteiger partial charge in [-0.2, -0.15) is 0 Å². The zero-order valence-corrected chi connectivity index (χ0v) is 18.1. The lowest BCUT2D eigenvalue weighted by molar-refractivity contribution is -0.113. The molecule has 0 aliphatic rings. The Bertz CT molecular complexity index is 1200. The summed E-state index contributed by atoms with van der Waals surface area (Å²) < 4.78 is 7.31. The Balaban J connectivity index is 1.50. The zero-order valence-electron chi connectivity index (χ0n) is 17.2. The van der Waals surface area contributed by atoms with E-state index in [1.807, 2.05) is 48.5 Å². The first kappa shape index (κ1) is 20.8. The van der Waals surface area contributed by atoms with Gasteiger partial charge in [0.25, 0.3) is 0 Å². The molecule has 0 unspecified atom stereocenters. The third-order valence-corrected chi connectivity index (χ3v) is 5.86. The van der Waals surface area contributed by atoms with E-state index in [9.17, 15) is 4.79 Å². The maximum absolute atomic E-state index is 12.5. The van der Waals surface area contributed by atoms with Crippen LogP contribution in [-0.4, -0.2) is 28.3 Å². The van der Waals surface area contributed by atoms with E-state index < -0.39 is 0 Å². The number of aromatic nitrogens is 2. The smallest absolute Gasteiger partial charge is 0.234 e. The van der Waals surface area contributed by atoms with Gasteiger partial charge < -0.3 is 14.6 Å². The van der Waals surface area contributed by atoms with Gasteiger partial charge in [-0.15, -0.1) is 0 Å². The van der Waals surface area contributed by atoms with Crippen LogP contribution in [0.2, 0.25) is 0 Å². The Morgan fingerprint density at radius 2 is 1.84 bits per heavy atom. The average molecular weight is 430 g/mol. The van der Waals surface area contributed by atoms with E-state index in [4.69, 9.17) is 9.72 Å². The maximum Gasteiger partial charge on any atom is 0.234 e. The van der Waals surface area contributed by atoms with Gasteiger partial charge in [0.05, 0.1) is 30.4 Å². The van der Waals surface area contributed by atoms with Gasteiger partial charge in [-0.05, 0) is 47.5 Å². The summed E-state index contributed by atoms with van der Waals surface area (Å²) in [5.41, 5.74) is 4.96. The van der Waals surface area contributed by atoms with E-state index in [0.29, 0.717) is 6.54 Å². The van der Waals surface area contributed by atoms with Crippen molar-refractivity contribution in [3.05, 3.63) is 90.5 Å². The third-order valence-electron chi connectivity index (χ3n) is 4.88. The summed E-state index contributed by atoms with van der Waals surface area (Å²) in [5.74, 6) is 0.941. The van der Waals surface area contributed by atoms with E-state index in [2.05, 4.69) is 46.8 Å². The molecule has 0 saturated heterocycles. The highest BCUT2D eigenvalue weighted by Crippen LogP contribution is 2.26. The van der Waals surface area contributed by atoms with Crippen LogP contribution < -0.4 is 10.1 Å². The van der Waals surface area contributed by atoms with Gasteiger partial charge in [-0.3, -0.25) is 4.79 Å². The van der Waals surface area contributed by atoms with Crippen LogP contribution in [-0.2, 0) is 11.3 Å². The molecule has 0 atom stereocenters. The molecular formula is C25H23N3O2S. The summed E-state index contributed by atoms with van der Waals surface area (Å²) in [7, 11) is 1.62. The quantitative estimate of drug-likeness (QED) is 0.378. The summed E-state index contributed by atoms with van der Waals surface area (Å²) >= 11 is 1.43. The molecule has 1 aromatic heterocycles. The minimum atomic E-state index is -0.0795. The van der Waals surface area contributed by atoms with Crippen molar-refractivity contribution in [2.45, 2.75) is 11.7 Å². The van der Waals surface area contributed by atoms with E-state index in [1.165, 1.54) is 17.3 Å². The summed E-state index contributed by atoms with van der Waals surface area (Å²) in [6.45, 7) is 4.49. The summed E-state index contributed by atoms with van der Waals surface area (Å²) in [5, 5.41) is 3.74. The third kappa shape index (κ3) is 4.98. The Morgan fingerprint density at radius 3 is 2.55 bits per heavy atom. The normalized spacial score (nSPS) is 10.7. The number of fused-ring (bicyclic) bond motifs is 1. The second kappa shape index (κ2) is 9.53. The zero-order chi connectivity index (χ0) is 21.6. The number of carbonyl (C=O) groups is 1. The molecule has 1 amide bonds. The van der Waals surface area contributed by atoms with Crippen LogP contribution in [0.15, 0.2) is 84.5 Å². The molecule has 0 aliphatic carbocycles. The second-order valence-corrected chi connectivity index (χ2v) is 7.92. The number of thioether (sulfide) groups is 1. The molecule has 4 rings (SSSR count). The topological polar surface area (TPSA) is 56.2 Å². The molecule has 0 spiro atoms. The van der Waals surface area contributed by atoms with Crippen molar-refractivity contribution >= 4 is 40.5 Å². The standard InChI is InChI=1S/C25H23N3O2S/c1-3-18-8-10-19(11-9-18)16-28-23-7-5-4-6-22(23)27-25(28)31-17-24(29)26-20-12-14-21(30-2)15-13-20/h3-15H,1,16-17H2,2H3,(H,26,29). The second-order valence-electron chi connectivity index (χ2n) is 6.98. The van der Waals surface area contributed by atoms with Crippen LogP contribution in [0.4, 0.5) is 5.69 Å². The highest BCUT2D eigenvalue weighted by molar-refractivity contribution is 7.99. The van der Waals surface area contributed by atoms with Crippen molar-refractivity contribution in [2.24, 2.45) is 0 Å². The number of nitrogens with one attached hydrogen (secondary N) is 1. The predicted molar refractivity (Wildman–Crippen MR) is 128 cm³/mol. The fourth-order valence-electron chi connectivity index (χ4n) is 3.26. The number of rotatable bonds is 8. The number of anilines is 1. The van der Waals surface area contributed by atoms with Crippen LogP contribution >= 0.6 is 11.8 Å². The molecule has 0 fully saturated rings. The van der Waals surface area contributed by atoms with E-state index in [-0.39, 0.29) is 11.7 Å². The largest absolute Gasteiger partial charge is 0.497 e. The van der Waals surface area contributed by atoms with E-state index in [0.717, 1.165) is 33.2 Å². The van der Waals surface area contributed by atoms with Crippen LogP contribution in [0.5, 0.6) is 5.75 Å². The summed E-state index contributed by atoms with van der Waals surface area (Å²) in [6.07, 6.45) is 1.83. The number of methoxy groups -OCH3 is 1. The first-order valence-electron chi connectivity index (χ1n) is 9.89. The molecule has 0 aliphatic heterocycles. The molecule has 5 nitrogen and oxygen atoms in total. The minimum absolute atomic E-state index is 0.0795. The van der Waals surface area contributed by atoms with Crippen molar-refractivity contribution in [1.82, 2.24) is 9.55 Å². The van der Waals surface area contributed by atoms with Crippen molar-refractivity contribution in [2.75, 3.05) is 18.2 Å². The van der Waals surface area contributed by atoms with Gasteiger partial charge in [0.1, 0.15) is 5.75 Å². The minimum Gasteiger partial charge on any atom is -0.497 e. The van der Waals surface area contributed by atoms with Gasteiger partial charge >= 0.3 is 0 Å². The predicted octanol–water partition coefficient (Wildman–Crippen LogP) is 5.47. The van der Waals surface area contributed by atoms with Crippen molar-refractivity contribution < 1.29 is 9.53 Å². The number of ether oxygens (including phenoxy) is 1. The summed E-state index contributed by atoms with van der Waals surface area (Å²) in [4.78, 5) is 17.2. The molecule has 0 bridgehead atoms. The number of amides is 1. The molecule has 0 saturated carbocycles. The molecule has 1 N–H and O–H groups in total. The lowest BCUT2D eigenvalue weighted by atomic mass is 10.1. The molecule has 6 heteroatoms. The van der Waals surface area contributed by atoms with Gasteiger partial charge in [-0.1, -0.05) is 60.8 Å². The number of imidazole rings is 1. The molecule has 3 aromatic carbocycles. The van der Waals surface area contributed by atoms with Gasteiger partial charge in [0, 0.05) is 5.69 Å². The molecule has 156 valence electrons. The van der Waals surface area contributed by atoms with Crippen molar-refractivity contribution in [1.29, 1.82) is 0 Å². The number of hydrogen-bond donors (Lipinski definition) is 1. The number of benzene rings is 3. The Labute approximate surface area is 185 Å². The van der Waals surface area contributed by atoms with E-state index >= 15 is 0 Å². The fraction of sp³-hybridized carbons (Fsp3) is 0.120. The van der Waals surface area contributed by atoms with E-state index in [1.54, 1.807) is 7.11 Å². The van der Waals surface area contributed by atoms with Crippen molar-refractivity contribution in [3.63, 3.8) is 0 Å². The first-order valence-corrected chi connectivity index (χ1v) is 10.9. The number of para-hydroxylation sites is 2. The Kier molecular flexibility index (Phi) is 6.38. The van der Waals surface area contributed by atoms with Crippen molar-refractivity contribution in [3.8, 4) is 5.75 Å². The Hall–Kier alpha value is -3.51. The summed E-state index contributed by atoms with van der Waals surface area (Å²) in [6, 6.07) is 23.6. The molecular weight excluding hydrogens is 406 g/mol. The highest BCUT2D eigenvalue weighted by atomic mass is 32.2. The number of hydrogen-bond acceptors (Lipinski definition) is 4. The maximum atomic E-state index is 12.5. The Morgan fingerprint density at radius 1 is 1.10 bits per heavy atom. The average Bonchev–Trinajstić information content (AvgIpc) is 3.16. The monoisotopic (exact) mass is 429 g/mol. The molecule has 0 radical (unpaired) electrons. The van der Waals surface area contributed by atoms with Crippen LogP contribution in [0.1, 0.15) is 11.1 Å². The highest BCUT2D eigenvalue weighted by Gasteiger charge is 2.13. The van der Waals surface area contributed by atoms with Crippen LogP contribution in [0.25, 0.3) is 17.1 Å². The SMILES string of the molecule is C=Cc1ccc(Cn2c(SCC(=O)Nc3ccc(OC)cc3)nc3ccccc32)cc1. The van der Waals surface area contributed by atoms with Gasteiger partial charge in [-0.25, -0.2) is 4.98 Å². The molecule has 1 heterocycles. The number of carbonyl (C=O) groups excluding carboxylic acids is 1. The van der Waals surface area contributed by atoms with Gasteiger partial charge in [0.15, 0.2) is 5.16 Å². The van der Waals surface area contributed by atoms with Crippen LogP contribution in [0.3, 0.4) is 0 Å². The fourth-order valence-corrected chi connectivity index (χ4v) is 4.07. The van der Waals surface area contributed by atoms with Crippen LogP contribution in [0, 0.1) is 0 Å².